The standard InChI is InChI=1S/C15H20Cl2N2O3.C11H15NO/c1-15(2,3)22-13(21)6-4-5-12(20)18-9-10-7-8-11(16)14(17)19-10;12-9-8-11(13)7-6-10-4-2-1-3-5-10/h7-8H,4-6,9H2,1-3H3,(H,18,20);1-5H,6-9,12H2. The number of benzene rings is 1. The van der Waals surface area contributed by atoms with Crippen LogP contribution in [0, 0.1) is 0 Å². The summed E-state index contributed by atoms with van der Waals surface area (Å²) in [7, 11) is 0. The first-order chi connectivity index (χ1) is 16.5. The molecule has 0 saturated carbocycles. The molecule has 2 rings (SSSR count). The number of aromatic nitrogens is 1. The molecule has 2 aromatic rings. The summed E-state index contributed by atoms with van der Waals surface area (Å²) in [6.45, 7) is 6.15. The van der Waals surface area contributed by atoms with Crippen molar-refractivity contribution >= 4 is 40.9 Å². The van der Waals surface area contributed by atoms with Gasteiger partial charge in [-0.2, -0.15) is 0 Å². The summed E-state index contributed by atoms with van der Waals surface area (Å²) in [4.78, 5) is 38.4. The lowest BCUT2D eigenvalue weighted by atomic mass is 10.1. The fraction of sp³-hybridized carbons (Fsp3) is 0.462. The van der Waals surface area contributed by atoms with Gasteiger partial charge in [0.25, 0.3) is 0 Å². The Balaban J connectivity index is 0.000000400. The molecule has 3 N–H and O–H groups in total. The molecule has 35 heavy (non-hydrogen) atoms. The van der Waals surface area contributed by atoms with Gasteiger partial charge in [0.1, 0.15) is 16.5 Å². The fourth-order valence-corrected chi connectivity index (χ4v) is 3.11. The molecule has 0 aliphatic carbocycles. The summed E-state index contributed by atoms with van der Waals surface area (Å²) in [6, 6.07) is 13.3. The number of ketones is 1. The van der Waals surface area contributed by atoms with E-state index in [2.05, 4.69) is 10.3 Å². The second kappa shape index (κ2) is 16.2. The zero-order chi connectivity index (χ0) is 26.3. The fourth-order valence-electron chi connectivity index (χ4n) is 2.83. The molecule has 0 unspecified atom stereocenters. The highest BCUT2D eigenvalue weighted by Gasteiger charge is 2.16. The quantitative estimate of drug-likeness (QED) is 0.314. The van der Waals surface area contributed by atoms with Gasteiger partial charge in [-0.05, 0) is 57.9 Å². The van der Waals surface area contributed by atoms with Crippen LogP contribution in [0.3, 0.4) is 0 Å². The van der Waals surface area contributed by atoms with Crippen molar-refractivity contribution in [2.45, 2.75) is 71.4 Å². The van der Waals surface area contributed by atoms with Gasteiger partial charge in [0, 0.05) is 25.7 Å². The van der Waals surface area contributed by atoms with E-state index in [9.17, 15) is 14.4 Å². The predicted octanol–water partition coefficient (Wildman–Crippen LogP) is 5.05. The second-order valence-electron chi connectivity index (χ2n) is 8.85. The summed E-state index contributed by atoms with van der Waals surface area (Å²) >= 11 is 11.6. The number of Topliss-reactive ketones (excluding diaryl/α,β-unsaturated/α-hetero) is 1. The third-order valence-electron chi connectivity index (χ3n) is 4.49. The maximum atomic E-state index is 11.7. The van der Waals surface area contributed by atoms with E-state index >= 15 is 0 Å². The number of esters is 1. The Bertz CT molecular complexity index is 947. The number of hydrogen-bond acceptors (Lipinski definition) is 6. The van der Waals surface area contributed by atoms with Crippen molar-refractivity contribution in [1.82, 2.24) is 10.3 Å². The van der Waals surface area contributed by atoms with Gasteiger partial charge in [0.05, 0.1) is 17.3 Å². The van der Waals surface area contributed by atoms with Gasteiger partial charge >= 0.3 is 5.97 Å². The SMILES string of the molecule is CC(C)(C)OC(=O)CCCC(=O)NCc1ccc(Cl)c(Cl)n1.NCCC(=O)CCc1ccccc1. The summed E-state index contributed by atoms with van der Waals surface area (Å²) in [6.07, 6.45) is 2.86. The number of rotatable bonds is 11. The first-order valence-corrected chi connectivity index (χ1v) is 12.3. The molecule has 1 aromatic heterocycles. The van der Waals surface area contributed by atoms with Crippen molar-refractivity contribution in [2.75, 3.05) is 6.54 Å². The third-order valence-corrected chi connectivity index (χ3v) is 5.18. The Morgan fingerprint density at radius 3 is 2.26 bits per heavy atom. The number of carbonyl (C=O) groups excluding carboxylic acids is 3. The van der Waals surface area contributed by atoms with Crippen molar-refractivity contribution < 1.29 is 19.1 Å². The van der Waals surface area contributed by atoms with Crippen LogP contribution in [-0.4, -0.2) is 34.8 Å². The summed E-state index contributed by atoms with van der Waals surface area (Å²) in [5.41, 5.74) is 6.61. The second-order valence-corrected chi connectivity index (χ2v) is 9.62. The van der Waals surface area contributed by atoms with E-state index in [1.807, 2.05) is 51.1 Å². The van der Waals surface area contributed by atoms with Crippen LogP contribution in [0.25, 0.3) is 0 Å². The van der Waals surface area contributed by atoms with E-state index in [1.54, 1.807) is 12.1 Å². The number of carbonyl (C=O) groups is 3. The van der Waals surface area contributed by atoms with E-state index in [1.165, 1.54) is 5.56 Å². The molecule has 0 saturated heterocycles. The molecule has 7 nitrogen and oxygen atoms in total. The minimum absolute atomic E-state index is 0.156. The molecule has 1 amide bonds. The maximum Gasteiger partial charge on any atom is 0.306 e. The first kappa shape index (κ1) is 30.6. The summed E-state index contributed by atoms with van der Waals surface area (Å²) in [5, 5.41) is 3.29. The Morgan fingerprint density at radius 1 is 0.971 bits per heavy atom. The predicted molar refractivity (Wildman–Crippen MR) is 139 cm³/mol. The minimum atomic E-state index is -0.501. The van der Waals surface area contributed by atoms with Crippen LogP contribution < -0.4 is 11.1 Å². The summed E-state index contributed by atoms with van der Waals surface area (Å²) < 4.78 is 5.17. The van der Waals surface area contributed by atoms with E-state index in [-0.39, 0.29) is 42.2 Å². The number of ether oxygens (including phenoxy) is 1. The van der Waals surface area contributed by atoms with Crippen LogP contribution in [0.2, 0.25) is 10.2 Å². The number of aryl methyl sites for hydroxylation is 1. The van der Waals surface area contributed by atoms with Crippen molar-refractivity contribution in [3.63, 3.8) is 0 Å². The van der Waals surface area contributed by atoms with Crippen LogP contribution in [0.5, 0.6) is 0 Å². The third kappa shape index (κ3) is 15.2. The van der Waals surface area contributed by atoms with Gasteiger partial charge in [-0.25, -0.2) is 4.98 Å². The molecule has 192 valence electrons. The molecule has 0 atom stereocenters. The lowest BCUT2D eigenvalue weighted by molar-refractivity contribution is -0.154. The number of nitrogens with two attached hydrogens (primary N) is 1. The lowest BCUT2D eigenvalue weighted by Gasteiger charge is -2.19. The normalized spacial score (nSPS) is 10.7. The molecule has 0 bridgehead atoms. The molecule has 1 heterocycles. The van der Waals surface area contributed by atoms with E-state index in [0.29, 0.717) is 36.5 Å². The molecule has 0 spiro atoms. The summed E-state index contributed by atoms with van der Waals surface area (Å²) in [5.74, 6) is -0.200. The van der Waals surface area contributed by atoms with Crippen molar-refractivity contribution in [2.24, 2.45) is 5.73 Å². The van der Waals surface area contributed by atoms with E-state index in [4.69, 9.17) is 33.7 Å². The molecule has 0 aliphatic heterocycles. The molecule has 1 aromatic carbocycles. The Morgan fingerprint density at radius 2 is 1.66 bits per heavy atom. The topological polar surface area (TPSA) is 111 Å². The van der Waals surface area contributed by atoms with E-state index in [0.717, 1.165) is 6.42 Å². The average Bonchev–Trinajstić information content (AvgIpc) is 2.79. The molecular formula is C26H35Cl2N3O4. The zero-order valence-electron chi connectivity index (χ0n) is 20.6. The van der Waals surface area contributed by atoms with Gasteiger partial charge in [0.15, 0.2) is 0 Å². The number of nitrogens with zero attached hydrogens (tertiary/aromatic N) is 1. The van der Waals surface area contributed by atoms with Gasteiger partial charge < -0.3 is 15.8 Å². The Kier molecular flexibility index (Phi) is 14.2. The largest absolute Gasteiger partial charge is 0.460 e. The lowest BCUT2D eigenvalue weighted by Crippen LogP contribution is -2.25. The highest BCUT2D eigenvalue weighted by molar-refractivity contribution is 6.41. The Hall–Kier alpha value is -2.48. The highest BCUT2D eigenvalue weighted by atomic mass is 35.5. The Labute approximate surface area is 217 Å². The number of hydrogen-bond donors (Lipinski definition) is 2. The number of amides is 1. The molecule has 0 aliphatic rings. The van der Waals surface area contributed by atoms with Gasteiger partial charge in [-0.15, -0.1) is 0 Å². The molecule has 0 radical (unpaired) electrons. The zero-order valence-corrected chi connectivity index (χ0v) is 22.1. The maximum absolute atomic E-state index is 11.7. The van der Waals surface area contributed by atoms with Crippen LogP contribution >= 0.6 is 23.2 Å². The van der Waals surface area contributed by atoms with Crippen molar-refractivity contribution in [1.29, 1.82) is 0 Å². The van der Waals surface area contributed by atoms with Crippen molar-refractivity contribution in [3.8, 4) is 0 Å². The monoisotopic (exact) mass is 523 g/mol. The highest BCUT2D eigenvalue weighted by Crippen LogP contribution is 2.19. The minimum Gasteiger partial charge on any atom is -0.460 e. The van der Waals surface area contributed by atoms with Crippen LogP contribution in [0.1, 0.15) is 64.1 Å². The number of halogens is 2. The molecule has 0 fully saturated rings. The van der Waals surface area contributed by atoms with Crippen LogP contribution in [-0.2, 0) is 32.1 Å². The molecular weight excluding hydrogens is 489 g/mol. The van der Waals surface area contributed by atoms with Gasteiger partial charge in [0.2, 0.25) is 5.91 Å². The smallest absolute Gasteiger partial charge is 0.306 e. The van der Waals surface area contributed by atoms with Crippen LogP contribution in [0.15, 0.2) is 42.5 Å². The van der Waals surface area contributed by atoms with Gasteiger partial charge in [-0.3, -0.25) is 14.4 Å². The average molecular weight is 524 g/mol. The first-order valence-electron chi connectivity index (χ1n) is 11.6. The molecule has 9 heteroatoms. The van der Waals surface area contributed by atoms with Crippen molar-refractivity contribution in [3.05, 3.63) is 63.9 Å². The van der Waals surface area contributed by atoms with Gasteiger partial charge in [-0.1, -0.05) is 53.5 Å². The number of pyridine rings is 1. The van der Waals surface area contributed by atoms with Crippen LogP contribution in [0.4, 0.5) is 0 Å². The number of nitrogens with one attached hydrogen (secondary N) is 1. The van der Waals surface area contributed by atoms with E-state index < -0.39 is 5.60 Å².